The molecule has 2 aromatic rings. The van der Waals surface area contributed by atoms with E-state index >= 15 is 0 Å². The van der Waals surface area contributed by atoms with E-state index in [0.717, 1.165) is 12.1 Å². The molecule has 0 saturated carbocycles. The number of benzene rings is 1. The second-order valence-corrected chi connectivity index (χ2v) is 6.03. The summed E-state index contributed by atoms with van der Waals surface area (Å²) in [6, 6.07) is 4.96. The Labute approximate surface area is 112 Å². The molecular weight excluding hydrogens is 290 g/mol. The fourth-order valence-electron chi connectivity index (χ4n) is 1.43. The minimum atomic E-state index is -4.05. The van der Waals surface area contributed by atoms with E-state index in [9.17, 15) is 18.5 Å². The Morgan fingerprint density at radius 1 is 1.32 bits per heavy atom. The molecular formula is C10H9N3O4S2. The van der Waals surface area contributed by atoms with Crippen LogP contribution >= 0.6 is 11.3 Å². The molecule has 0 aliphatic heterocycles. The quantitative estimate of drug-likeness (QED) is 0.509. The van der Waals surface area contributed by atoms with Crippen LogP contribution in [0.25, 0.3) is 0 Å². The summed E-state index contributed by atoms with van der Waals surface area (Å²) in [5, 5.41) is 14.1. The lowest BCUT2D eigenvalue weighted by molar-refractivity contribution is -0.387. The Bertz CT molecular complexity index is 710. The van der Waals surface area contributed by atoms with Crippen LogP contribution in [-0.4, -0.2) is 13.3 Å². The number of thiophene rings is 1. The smallest absolute Gasteiger partial charge is 0.290 e. The topological polar surface area (TPSA) is 115 Å². The summed E-state index contributed by atoms with van der Waals surface area (Å²) < 4.78 is 26.5. The number of sulfonamides is 1. The van der Waals surface area contributed by atoms with Crippen molar-refractivity contribution >= 4 is 38.4 Å². The van der Waals surface area contributed by atoms with Gasteiger partial charge in [-0.05, 0) is 23.6 Å². The highest BCUT2D eigenvalue weighted by atomic mass is 32.2. The van der Waals surface area contributed by atoms with Crippen LogP contribution in [0.5, 0.6) is 0 Å². The van der Waals surface area contributed by atoms with Crippen molar-refractivity contribution in [3.05, 3.63) is 45.1 Å². The van der Waals surface area contributed by atoms with E-state index < -0.39 is 25.5 Å². The maximum Gasteiger partial charge on any atom is 0.290 e. The summed E-state index contributed by atoms with van der Waals surface area (Å²) >= 11 is 1.30. The number of nitro groups is 1. The number of nitrogens with one attached hydrogen (secondary N) is 1. The zero-order valence-corrected chi connectivity index (χ0v) is 11.1. The van der Waals surface area contributed by atoms with Crippen molar-refractivity contribution in [1.29, 1.82) is 0 Å². The molecule has 0 aliphatic rings. The maximum atomic E-state index is 12.1. The first-order valence-electron chi connectivity index (χ1n) is 4.99. The number of nitrogens with zero attached hydrogens (tertiary/aromatic N) is 1. The fraction of sp³-hybridized carbons (Fsp3) is 0. The molecule has 0 aliphatic carbocycles. The highest BCUT2D eigenvalue weighted by Gasteiger charge is 2.26. The fourth-order valence-corrected chi connectivity index (χ4v) is 3.35. The van der Waals surface area contributed by atoms with Crippen molar-refractivity contribution in [3.63, 3.8) is 0 Å². The van der Waals surface area contributed by atoms with Gasteiger partial charge in [0.2, 0.25) is 0 Å². The predicted octanol–water partition coefficient (Wildman–Crippen LogP) is 2.04. The molecule has 0 fully saturated rings. The summed E-state index contributed by atoms with van der Waals surface area (Å²) in [7, 11) is -4.05. The number of nitrogen functional groups attached to an aromatic ring is 1. The normalized spacial score (nSPS) is 11.2. The SMILES string of the molecule is Nc1ccc([N+](=O)[O-])c(S(=O)(=O)Nc2ccsc2)c1. The molecule has 1 aromatic heterocycles. The number of rotatable bonds is 4. The summed E-state index contributed by atoms with van der Waals surface area (Å²) in [6.45, 7) is 0. The summed E-state index contributed by atoms with van der Waals surface area (Å²) in [5.41, 5.74) is 5.45. The third-order valence-electron chi connectivity index (χ3n) is 2.24. The molecule has 100 valence electrons. The molecule has 1 heterocycles. The van der Waals surface area contributed by atoms with Gasteiger partial charge in [-0.25, -0.2) is 8.42 Å². The van der Waals surface area contributed by atoms with Crippen molar-refractivity contribution in [1.82, 2.24) is 0 Å². The predicted molar refractivity (Wildman–Crippen MR) is 72.6 cm³/mol. The molecule has 0 atom stereocenters. The Balaban J connectivity index is 2.50. The highest BCUT2D eigenvalue weighted by molar-refractivity contribution is 7.92. The molecule has 0 spiro atoms. The lowest BCUT2D eigenvalue weighted by Crippen LogP contribution is -2.14. The zero-order valence-electron chi connectivity index (χ0n) is 9.44. The third kappa shape index (κ3) is 2.83. The van der Waals surface area contributed by atoms with Gasteiger partial charge in [-0.15, -0.1) is 0 Å². The molecule has 7 nitrogen and oxygen atoms in total. The lowest BCUT2D eigenvalue weighted by Gasteiger charge is -2.07. The first kappa shape index (κ1) is 13.3. The summed E-state index contributed by atoms with van der Waals surface area (Å²) in [6.07, 6.45) is 0. The van der Waals surface area contributed by atoms with Crippen LogP contribution in [0.4, 0.5) is 17.1 Å². The van der Waals surface area contributed by atoms with Crippen molar-refractivity contribution in [2.24, 2.45) is 0 Å². The van der Waals surface area contributed by atoms with E-state index in [-0.39, 0.29) is 5.69 Å². The minimum Gasteiger partial charge on any atom is -0.399 e. The standard InChI is InChI=1S/C10H9N3O4S2/c11-7-1-2-9(13(14)15)10(5-7)19(16,17)12-8-3-4-18-6-8/h1-6,12H,11H2. The maximum absolute atomic E-state index is 12.1. The first-order chi connectivity index (χ1) is 8.90. The average Bonchev–Trinajstić information content (AvgIpc) is 2.80. The van der Waals surface area contributed by atoms with Crippen molar-refractivity contribution in [2.75, 3.05) is 10.5 Å². The van der Waals surface area contributed by atoms with Crippen molar-refractivity contribution in [2.45, 2.75) is 4.90 Å². The van der Waals surface area contributed by atoms with Crippen LogP contribution in [0.2, 0.25) is 0 Å². The van der Waals surface area contributed by atoms with Crippen LogP contribution in [0, 0.1) is 10.1 Å². The second kappa shape index (κ2) is 4.86. The van der Waals surface area contributed by atoms with Crippen molar-refractivity contribution in [3.8, 4) is 0 Å². The molecule has 0 radical (unpaired) electrons. The van der Waals surface area contributed by atoms with Gasteiger partial charge in [0.1, 0.15) is 0 Å². The average molecular weight is 299 g/mol. The van der Waals surface area contributed by atoms with E-state index in [1.165, 1.54) is 17.4 Å². The first-order valence-corrected chi connectivity index (χ1v) is 7.42. The van der Waals surface area contributed by atoms with E-state index in [0.29, 0.717) is 5.69 Å². The molecule has 0 unspecified atom stereocenters. The van der Waals surface area contributed by atoms with Crippen LogP contribution in [-0.2, 0) is 10.0 Å². The molecule has 9 heteroatoms. The van der Waals surface area contributed by atoms with E-state index in [2.05, 4.69) is 4.72 Å². The van der Waals surface area contributed by atoms with Crippen LogP contribution < -0.4 is 10.5 Å². The highest BCUT2D eigenvalue weighted by Crippen LogP contribution is 2.28. The molecule has 3 N–H and O–H groups in total. The van der Waals surface area contributed by atoms with Gasteiger partial charge in [-0.3, -0.25) is 14.8 Å². The van der Waals surface area contributed by atoms with Gasteiger partial charge in [-0.2, -0.15) is 11.3 Å². The van der Waals surface area contributed by atoms with Gasteiger partial charge in [0.05, 0.1) is 10.6 Å². The number of nitrogens with two attached hydrogens (primary N) is 1. The van der Waals surface area contributed by atoms with E-state index in [1.54, 1.807) is 16.8 Å². The molecule has 2 rings (SSSR count). The van der Waals surface area contributed by atoms with Gasteiger partial charge in [0.15, 0.2) is 4.90 Å². The largest absolute Gasteiger partial charge is 0.399 e. The Hall–Kier alpha value is -2.13. The van der Waals surface area contributed by atoms with Crippen LogP contribution in [0.15, 0.2) is 39.9 Å². The van der Waals surface area contributed by atoms with E-state index in [4.69, 9.17) is 5.73 Å². The van der Waals surface area contributed by atoms with Crippen LogP contribution in [0.1, 0.15) is 0 Å². The third-order valence-corrected chi connectivity index (χ3v) is 4.34. The summed E-state index contributed by atoms with van der Waals surface area (Å²) in [4.78, 5) is 9.64. The van der Waals surface area contributed by atoms with Crippen molar-refractivity contribution < 1.29 is 13.3 Å². The lowest BCUT2D eigenvalue weighted by atomic mass is 10.3. The number of hydrogen-bond donors (Lipinski definition) is 2. The molecule has 0 saturated heterocycles. The van der Waals surface area contributed by atoms with E-state index in [1.807, 2.05) is 0 Å². The second-order valence-electron chi connectivity index (χ2n) is 3.60. The summed E-state index contributed by atoms with van der Waals surface area (Å²) in [5.74, 6) is 0. The Kier molecular flexibility index (Phi) is 3.40. The molecule has 19 heavy (non-hydrogen) atoms. The monoisotopic (exact) mass is 299 g/mol. The molecule has 0 amide bonds. The van der Waals surface area contributed by atoms with Gasteiger partial charge in [0, 0.05) is 17.1 Å². The van der Waals surface area contributed by atoms with Gasteiger partial charge in [-0.1, -0.05) is 0 Å². The minimum absolute atomic E-state index is 0.135. The molecule has 1 aromatic carbocycles. The van der Waals surface area contributed by atoms with Gasteiger partial charge < -0.3 is 5.73 Å². The Morgan fingerprint density at radius 2 is 2.05 bits per heavy atom. The number of hydrogen-bond acceptors (Lipinski definition) is 6. The van der Waals surface area contributed by atoms with Gasteiger partial charge in [0.25, 0.3) is 15.7 Å². The molecule has 0 bridgehead atoms. The number of nitro benzene ring substituents is 1. The van der Waals surface area contributed by atoms with Crippen LogP contribution in [0.3, 0.4) is 0 Å². The van der Waals surface area contributed by atoms with Gasteiger partial charge >= 0.3 is 0 Å². The Morgan fingerprint density at radius 3 is 2.63 bits per heavy atom. The number of anilines is 2. The zero-order chi connectivity index (χ0) is 14.0.